The molecule has 0 spiro atoms. The molecule has 3 aromatic rings. The Morgan fingerprint density at radius 2 is 1.74 bits per heavy atom. The molecule has 162 valence electrons. The molecule has 1 fully saturated rings. The molecule has 1 aliphatic rings. The van der Waals surface area contributed by atoms with Crippen molar-refractivity contribution in [3.8, 4) is 5.69 Å². The fourth-order valence-electron chi connectivity index (χ4n) is 3.76. The quantitative estimate of drug-likeness (QED) is 0.567. The first-order chi connectivity index (χ1) is 14.9. The lowest BCUT2D eigenvalue weighted by Crippen LogP contribution is -2.53. The number of carbonyl (C=O) groups excluding carboxylic acids is 1. The first-order valence-electron chi connectivity index (χ1n) is 9.95. The van der Waals surface area contributed by atoms with Gasteiger partial charge in [-0.05, 0) is 43.3 Å². The van der Waals surface area contributed by atoms with Gasteiger partial charge in [0.1, 0.15) is 4.90 Å². The molecule has 2 aromatic carbocycles. The molecule has 1 aliphatic heterocycles. The average molecular weight is 441 g/mol. The Morgan fingerprint density at radius 3 is 2.39 bits per heavy atom. The van der Waals surface area contributed by atoms with Crippen molar-refractivity contribution in [3.63, 3.8) is 0 Å². The number of carbonyl (C=O) groups is 1. The van der Waals surface area contributed by atoms with E-state index in [0.29, 0.717) is 25.2 Å². The van der Waals surface area contributed by atoms with Crippen molar-refractivity contribution in [2.45, 2.75) is 17.9 Å². The molecule has 0 radical (unpaired) electrons. The standard InChI is InChI=1S/C22H24N4O4S/c1-17-15-24(19-10-8-18(9-11-19)22(27)30-2)12-13-26(17)31(28,29)21-14-23-25(16-21)20-6-4-3-5-7-20/h3-11,14,16-17H,12-13,15H2,1-2H3. The van der Waals surface area contributed by atoms with Crippen LogP contribution in [0.15, 0.2) is 71.9 Å². The highest BCUT2D eigenvalue weighted by Gasteiger charge is 2.34. The smallest absolute Gasteiger partial charge is 0.337 e. The molecule has 0 saturated carbocycles. The Hall–Kier alpha value is -3.17. The van der Waals surface area contributed by atoms with Crippen molar-refractivity contribution in [2.24, 2.45) is 0 Å². The molecule has 8 nitrogen and oxygen atoms in total. The van der Waals surface area contributed by atoms with Gasteiger partial charge in [-0.1, -0.05) is 18.2 Å². The number of ether oxygens (including phenoxy) is 1. The normalized spacial score (nSPS) is 17.5. The fourth-order valence-corrected chi connectivity index (χ4v) is 5.30. The molecule has 0 aliphatic carbocycles. The third-order valence-corrected chi connectivity index (χ3v) is 7.37. The Kier molecular flexibility index (Phi) is 5.79. The maximum Gasteiger partial charge on any atom is 0.337 e. The molecule has 1 atom stereocenters. The van der Waals surface area contributed by atoms with Crippen molar-refractivity contribution < 1.29 is 17.9 Å². The number of nitrogens with zero attached hydrogens (tertiary/aromatic N) is 4. The van der Waals surface area contributed by atoms with E-state index in [1.54, 1.807) is 23.0 Å². The summed E-state index contributed by atoms with van der Waals surface area (Å²) in [5.41, 5.74) is 2.22. The zero-order chi connectivity index (χ0) is 22.0. The number of esters is 1. The number of hydrogen-bond acceptors (Lipinski definition) is 6. The zero-order valence-electron chi connectivity index (χ0n) is 17.4. The van der Waals surface area contributed by atoms with Crippen LogP contribution in [0.4, 0.5) is 5.69 Å². The molecule has 1 saturated heterocycles. The van der Waals surface area contributed by atoms with Gasteiger partial charge in [-0.3, -0.25) is 0 Å². The van der Waals surface area contributed by atoms with Gasteiger partial charge in [0.2, 0.25) is 10.0 Å². The van der Waals surface area contributed by atoms with Gasteiger partial charge in [0.05, 0.1) is 30.8 Å². The molecule has 1 aromatic heterocycles. The molecule has 1 unspecified atom stereocenters. The summed E-state index contributed by atoms with van der Waals surface area (Å²) < 4.78 is 34.3. The minimum absolute atomic E-state index is 0.180. The summed E-state index contributed by atoms with van der Waals surface area (Å²) in [4.78, 5) is 13.9. The maximum absolute atomic E-state index is 13.2. The summed E-state index contributed by atoms with van der Waals surface area (Å²) in [6.07, 6.45) is 2.95. The Balaban J connectivity index is 1.48. The van der Waals surface area contributed by atoms with Crippen LogP contribution < -0.4 is 4.90 Å². The van der Waals surface area contributed by atoms with Gasteiger partial charge in [-0.25, -0.2) is 17.9 Å². The van der Waals surface area contributed by atoms with Crippen LogP contribution in [-0.4, -0.2) is 61.3 Å². The lowest BCUT2D eigenvalue weighted by atomic mass is 10.1. The van der Waals surface area contributed by atoms with Crippen molar-refractivity contribution in [2.75, 3.05) is 31.6 Å². The lowest BCUT2D eigenvalue weighted by molar-refractivity contribution is 0.0600. The molecule has 9 heteroatoms. The van der Waals surface area contributed by atoms with Gasteiger partial charge in [0.15, 0.2) is 0 Å². The number of hydrogen-bond donors (Lipinski definition) is 0. The monoisotopic (exact) mass is 440 g/mol. The van der Waals surface area contributed by atoms with E-state index < -0.39 is 10.0 Å². The third kappa shape index (κ3) is 4.19. The molecule has 0 N–H and O–H groups in total. The average Bonchev–Trinajstić information content (AvgIpc) is 3.30. The van der Waals surface area contributed by atoms with Crippen LogP contribution in [0.25, 0.3) is 5.69 Å². The van der Waals surface area contributed by atoms with E-state index in [0.717, 1.165) is 11.4 Å². The maximum atomic E-state index is 13.2. The van der Waals surface area contributed by atoms with E-state index in [-0.39, 0.29) is 16.9 Å². The highest BCUT2D eigenvalue weighted by atomic mass is 32.2. The molecule has 31 heavy (non-hydrogen) atoms. The molecule has 2 heterocycles. The zero-order valence-corrected chi connectivity index (χ0v) is 18.2. The van der Waals surface area contributed by atoms with E-state index in [4.69, 9.17) is 4.74 Å². The summed E-state index contributed by atoms with van der Waals surface area (Å²) in [6, 6.07) is 16.3. The van der Waals surface area contributed by atoms with E-state index in [1.807, 2.05) is 49.4 Å². The van der Waals surface area contributed by atoms with Crippen LogP contribution in [0.2, 0.25) is 0 Å². The van der Waals surface area contributed by atoms with Crippen LogP contribution >= 0.6 is 0 Å². The van der Waals surface area contributed by atoms with E-state index >= 15 is 0 Å². The molecular weight excluding hydrogens is 416 g/mol. The van der Waals surface area contributed by atoms with E-state index in [1.165, 1.54) is 17.6 Å². The number of rotatable bonds is 5. The molecule has 4 rings (SSSR count). The SMILES string of the molecule is COC(=O)c1ccc(N2CCN(S(=O)(=O)c3cnn(-c4ccccc4)c3)C(C)C2)cc1. The topological polar surface area (TPSA) is 84.7 Å². The summed E-state index contributed by atoms with van der Waals surface area (Å²) >= 11 is 0. The van der Waals surface area contributed by atoms with Gasteiger partial charge < -0.3 is 9.64 Å². The van der Waals surface area contributed by atoms with Crippen LogP contribution in [0.1, 0.15) is 17.3 Å². The minimum Gasteiger partial charge on any atom is -0.465 e. The fraction of sp³-hybridized carbons (Fsp3) is 0.273. The van der Waals surface area contributed by atoms with Crippen molar-refractivity contribution in [1.82, 2.24) is 14.1 Å². The lowest BCUT2D eigenvalue weighted by Gasteiger charge is -2.39. The highest BCUT2D eigenvalue weighted by Crippen LogP contribution is 2.25. The highest BCUT2D eigenvalue weighted by molar-refractivity contribution is 7.89. The number of methoxy groups -OCH3 is 1. The minimum atomic E-state index is -3.66. The van der Waals surface area contributed by atoms with Crippen LogP contribution in [0.5, 0.6) is 0 Å². The van der Waals surface area contributed by atoms with Crippen LogP contribution in [0, 0.1) is 0 Å². The number of sulfonamides is 1. The van der Waals surface area contributed by atoms with Crippen molar-refractivity contribution in [1.29, 1.82) is 0 Å². The molecule has 0 amide bonds. The predicted octanol–water partition coefficient (Wildman–Crippen LogP) is 2.56. The van der Waals surface area contributed by atoms with Gasteiger partial charge in [-0.2, -0.15) is 9.40 Å². The van der Waals surface area contributed by atoms with Gasteiger partial charge >= 0.3 is 5.97 Å². The van der Waals surface area contributed by atoms with Crippen molar-refractivity contribution >= 4 is 21.7 Å². The van der Waals surface area contributed by atoms with Gasteiger partial charge in [0, 0.05) is 31.4 Å². The largest absolute Gasteiger partial charge is 0.465 e. The van der Waals surface area contributed by atoms with Crippen molar-refractivity contribution in [3.05, 3.63) is 72.6 Å². The Morgan fingerprint density at radius 1 is 1.03 bits per heavy atom. The van der Waals surface area contributed by atoms with E-state index in [2.05, 4.69) is 10.00 Å². The number of piperazine rings is 1. The molecule has 0 bridgehead atoms. The van der Waals surface area contributed by atoms with Crippen LogP contribution in [-0.2, 0) is 14.8 Å². The van der Waals surface area contributed by atoms with E-state index in [9.17, 15) is 13.2 Å². The third-order valence-electron chi connectivity index (χ3n) is 5.41. The second kappa shape index (κ2) is 8.52. The summed E-state index contributed by atoms with van der Waals surface area (Å²) in [5.74, 6) is -0.383. The number of anilines is 1. The second-order valence-electron chi connectivity index (χ2n) is 7.41. The molecular formula is C22H24N4O4S. The number of benzene rings is 2. The number of aromatic nitrogens is 2. The summed E-state index contributed by atoms with van der Waals surface area (Å²) in [5, 5.41) is 4.23. The first-order valence-corrected chi connectivity index (χ1v) is 11.4. The van der Waals surface area contributed by atoms with Gasteiger partial charge in [0.25, 0.3) is 0 Å². The first kappa shape index (κ1) is 21.1. The Bertz CT molecular complexity index is 1160. The predicted molar refractivity (Wildman–Crippen MR) is 117 cm³/mol. The second-order valence-corrected chi connectivity index (χ2v) is 9.30. The summed E-state index contributed by atoms with van der Waals surface area (Å²) in [7, 11) is -2.31. The summed E-state index contributed by atoms with van der Waals surface area (Å²) in [6.45, 7) is 3.35. The van der Waals surface area contributed by atoms with Crippen LogP contribution in [0.3, 0.4) is 0 Å². The van der Waals surface area contributed by atoms with Gasteiger partial charge in [-0.15, -0.1) is 0 Å². The number of para-hydroxylation sites is 1. The Labute approximate surface area is 181 Å².